The van der Waals surface area contributed by atoms with E-state index in [-0.39, 0.29) is 5.78 Å². The van der Waals surface area contributed by atoms with Crippen LogP contribution in [0.1, 0.15) is 37.0 Å². The molecular formula is C16H23NO2. The number of hydrogen-bond donors (Lipinski definition) is 0. The van der Waals surface area contributed by atoms with E-state index >= 15 is 0 Å². The number of likely N-dealkylation sites (tertiary alicyclic amines) is 1. The molecular weight excluding hydrogens is 238 g/mol. The Morgan fingerprint density at radius 1 is 1.32 bits per heavy atom. The van der Waals surface area contributed by atoms with Gasteiger partial charge >= 0.3 is 0 Å². The molecule has 1 saturated heterocycles. The Balaban J connectivity index is 1.85. The number of Topliss-reactive ketones (excluding diaryl/α,β-unsaturated/α-hetero) is 1. The molecule has 1 fully saturated rings. The van der Waals surface area contributed by atoms with Gasteiger partial charge in [-0.2, -0.15) is 0 Å². The lowest BCUT2D eigenvalue weighted by Crippen LogP contribution is -2.28. The molecule has 0 spiro atoms. The number of ketones is 1. The minimum Gasteiger partial charge on any atom is -0.493 e. The Morgan fingerprint density at radius 2 is 2.00 bits per heavy atom. The molecule has 0 aromatic heterocycles. The summed E-state index contributed by atoms with van der Waals surface area (Å²) in [6.07, 6.45) is 2.64. The summed E-state index contributed by atoms with van der Waals surface area (Å²) in [6, 6.07) is 7.48. The molecule has 0 amide bonds. The van der Waals surface area contributed by atoms with Crippen LogP contribution in [0.3, 0.4) is 0 Å². The standard InChI is InChI=1S/C16H23NO2/c1-13(11-17-9-5-6-10-17)12-19-16-8-4-3-7-15(16)14(2)18/h3-4,7-8,13H,5-6,9-12H2,1-2H3. The van der Waals surface area contributed by atoms with Gasteiger partial charge in [0.05, 0.1) is 12.2 Å². The molecule has 1 heterocycles. The van der Waals surface area contributed by atoms with Crippen molar-refractivity contribution in [2.75, 3.05) is 26.2 Å². The molecule has 19 heavy (non-hydrogen) atoms. The molecule has 1 unspecified atom stereocenters. The Hall–Kier alpha value is -1.35. The minimum absolute atomic E-state index is 0.0581. The lowest BCUT2D eigenvalue weighted by molar-refractivity contribution is 0.101. The highest BCUT2D eigenvalue weighted by atomic mass is 16.5. The second kappa shape index (κ2) is 6.71. The molecule has 1 aliphatic heterocycles. The molecule has 3 nitrogen and oxygen atoms in total. The van der Waals surface area contributed by atoms with Crippen LogP contribution in [-0.2, 0) is 0 Å². The van der Waals surface area contributed by atoms with Gasteiger partial charge in [0.15, 0.2) is 5.78 Å². The molecule has 1 aliphatic rings. The maximum absolute atomic E-state index is 11.5. The predicted octanol–water partition coefficient (Wildman–Crippen LogP) is 3.00. The van der Waals surface area contributed by atoms with Gasteiger partial charge < -0.3 is 9.64 Å². The molecule has 0 aliphatic carbocycles. The van der Waals surface area contributed by atoms with E-state index in [2.05, 4.69) is 11.8 Å². The van der Waals surface area contributed by atoms with Crippen LogP contribution in [-0.4, -0.2) is 36.9 Å². The summed E-state index contributed by atoms with van der Waals surface area (Å²) in [6.45, 7) is 7.97. The summed E-state index contributed by atoms with van der Waals surface area (Å²) in [5.41, 5.74) is 0.677. The first-order valence-corrected chi connectivity index (χ1v) is 7.12. The van der Waals surface area contributed by atoms with Gasteiger partial charge in [0.2, 0.25) is 0 Å². The van der Waals surface area contributed by atoms with Gasteiger partial charge in [0.1, 0.15) is 5.75 Å². The van der Waals surface area contributed by atoms with Gasteiger partial charge in [-0.3, -0.25) is 4.79 Å². The number of carbonyl (C=O) groups is 1. The highest BCUT2D eigenvalue weighted by molar-refractivity contribution is 5.96. The molecule has 0 radical (unpaired) electrons. The smallest absolute Gasteiger partial charge is 0.163 e. The van der Waals surface area contributed by atoms with Crippen molar-refractivity contribution in [2.24, 2.45) is 5.92 Å². The van der Waals surface area contributed by atoms with E-state index in [0.29, 0.717) is 23.8 Å². The van der Waals surface area contributed by atoms with Gasteiger partial charge in [-0.1, -0.05) is 19.1 Å². The molecule has 0 bridgehead atoms. The molecule has 1 aromatic carbocycles. The van der Waals surface area contributed by atoms with E-state index in [4.69, 9.17) is 4.74 Å². The van der Waals surface area contributed by atoms with Crippen molar-refractivity contribution in [3.63, 3.8) is 0 Å². The molecule has 0 N–H and O–H groups in total. The summed E-state index contributed by atoms with van der Waals surface area (Å²) >= 11 is 0. The minimum atomic E-state index is 0.0581. The van der Waals surface area contributed by atoms with E-state index in [0.717, 1.165) is 6.54 Å². The summed E-state index contributed by atoms with van der Waals surface area (Å²) in [5.74, 6) is 1.25. The lowest BCUT2D eigenvalue weighted by Gasteiger charge is -2.20. The van der Waals surface area contributed by atoms with Crippen LogP contribution in [0.25, 0.3) is 0 Å². The summed E-state index contributed by atoms with van der Waals surface area (Å²) < 4.78 is 5.82. The molecule has 1 aromatic rings. The third-order valence-corrected chi connectivity index (χ3v) is 3.56. The number of benzene rings is 1. The summed E-state index contributed by atoms with van der Waals surface area (Å²) in [7, 11) is 0. The van der Waals surface area contributed by atoms with Crippen LogP contribution in [0.4, 0.5) is 0 Å². The van der Waals surface area contributed by atoms with Crippen molar-refractivity contribution < 1.29 is 9.53 Å². The number of nitrogens with zero attached hydrogens (tertiary/aromatic N) is 1. The van der Waals surface area contributed by atoms with Crippen LogP contribution in [0.15, 0.2) is 24.3 Å². The Bertz CT molecular complexity index is 425. The highest BCUT2D eigenvalue weighted by Crippen LogP contribution is 2.19. The maximum Gasteiger partial charge on any atom is 0.163 e. The first kappa shape index (κ1) is 14.1. The fourth-order valence-corrected chi connectivity index (χ4v) is 2.57. The first-order valence-electron chi connectivity index (χ1n) is 7.12. The topological polar surface area (TPSA) is 29.5 Å². The average molecular weight is 261 g/mol. The Kier molecular flexibility index (Phi) is 4.97. The van der Waals surface area contributed by atoms with Crippen molar-refractivity contribution in [2.45, 2.75) is 26.7 Å². The number of ether oxygens (including phenoxy) is 1. The third kappa shape index (κ3) is 4.06. The normalized spacial score (nSPS) is 17.4. The van der Waals surface area contributed by atoms with Crippen molar-refractivity contribution >= 4 is 5.78 Å². The monoisotopic (exact) mass is 261 g/mol. The maximum atomic E-state index is 11.5. The second-order valence-electron chi connectivity index (χ2n) is 5.48. The highest BCUT2D eigenvalue weighted by Gasteiger charge is 2.15. The van der Waals surface area contributed by atoms with Gasteiger partial charge in [-0.05, 0) is 45.0 Å². The molecule has 2 rings (SSSR count). The zero-order valence-corrected chi connectivity index (χ0v) is 11.9. The fourth-order valence-electron chi connectivity index (χ4n) is 2.57. The van der Waals surface area contributed by atoms with Crippen molar-refractivity contribution in [1.82, 2.24) is 4.90 Å². The van der Waals surface area contributed by atoms with Crippen LogP contribution in [0.5, 0.6) is 5.75 Å². The first-order chi connectivity index (χ1) is 9.16. The van der Waals surface area contributed by atoms with Gasteiger partial charge in [-0.25, -0.2) is 0 Å². The largest absolute Gasteiger partial charge is 0.493 e. The van der Waals surface area contributed by atoms with Crippen molar-refractivity contribution in [1.29, 1.82) is 0 Å². The second-order valence-corrected chi connectivity index (χ2v) is 5.48. The molecule has 3 heteroatoms. The van der Waals surface area contributed by atoms with Crippen LogP contribution < -0.4 is 4.74 Å². The lowest BCUT2D eigenvalue weighted by atomic mass is 10.1. The van der Waals surface area contributed by atoms with E-state index in [1.165, 1.54) is 25.9 Å². The van der Waals surface area contributed by atoms with Crippen LogP contribution >= 0.6 is 0 Å². The molecule has 0 saturated carbocycles. The van der Waals surface area contributed by atoms with Gasteiger partial charge in [-0.15, -0.1) is 0 Å². The van der Waals surface area contributed by atoms with E-state index in [9.17, 15) is 4.79 Å². The number of para-hydroxylation sites is 1. The Morgan fingerprint density at radius 3 is 2.68 bits per heavy atom. The zero-order valence-electron chi connectivity index (χ0n) is 11.9. The van der Waals surface area contributed by atoms with Crippen molar-refractivity contribution in [3.05, 3.63) is 29.8 Å². The summed E-state index contributed by atoms with van der Waals surface area (Å²) in [5, 5.41) is 0. The van der Waals surface area contributed by atoms with E-state index < -0.39 is 0 Å². The van der Waals surface area contributed by atoms with Crippen molar-refractivity contribution in [3.8, 4) is 5.75 Å². The molecule has 1 atom stereocenters. The molecule has 104 valence electrons. The number of carbonyl (C=O) groups excluding carboxylic acids is 1. The Labute approximate surface area is 115 Å². The third-order valence-electron chi connectivity index (χ3n) is 3.56. The van der Waals surface area contributed by atoms with Crippen LogP contribution in [0, 0.1) is 5.92 Å². The van der Waals surface area contributed by atoms with Gasteiger partial charge in [0.25, 0.3) is 0 Å². The number of rotatable bonds is 6. The van der Waals surface area contributed by atoms with E-state index in [1.54, 1.807) is 6.92 Å². The predicted molar refractivity (Wildman–Crippen MR) is 76.8 cm³/mol. The van der Waals surface area contributed by atoms with Gasteiger partial charge in [0, 0.05) is 12.5 Å². The SMILES string of the molecule is CC(=O)c1ccccc1OCC(C)CN1CCCC1. The zero-order chi connectivity index (χ0) is 13.7. The quantitative estimate of drug-likeness (QED) is 0.737. The van der Waals surface area contributed by atoms with E-state index in [1.807, 2.05) is 24.3 Å². The fraction of sp³-hybridized carbons (Fsp3) is 0.562. The number of hydrogen-bond acceptors (Lipinski definition) is 3. The average Bonchev–Trinajstić information content (AvgIpc) is 2.89. The van der Waals surface area contributed by atoms with Crippen LogP contribution in [0.2, 0.25) is 0 Å². The summed E-state index contributed by atoms with van der Waals surface area (Å²) in [4.78, 5) is 14.0.